The number of ether oxygens (including phenoxy) is 1. The van der Waals surface area contributed by atoms with Crippen LogP contribution in [0, 0.1) is 0 Å². The van der Waals surface area contributed by atoms with Gasteiger partial charge in [0.2, 0.25) is 0 Å². The van der Waals surface area contributed by atoms with Gasteiger partial charge in [0, 0.05) is 28.0 Å². The first-order valence-electron chi connectivity index (χ1n) is 16.3. The van der Waals surface area contributed by atoms with Crippen LogP contribution in [0.5, 0.6) is 11.5 Å². The fraction of sp³-hybridized carbons (Fsp3) is 0. The van der Waals surface area contributed by atoms with E-state index in [9.17, 15) is 0 Å². The molecule has 0 amide bonds. The molecule has 0 aromatic heterocycles. The highest BCUT2D eigenvalue weighted by Gasteiger charge is 2.24. The number of nitrogens with zero attached hydrogens (tertiary/aromatic N) is 1. The van der Waals surface area contributed by atoms with Gasteiger partial charge >= 0.3 is 0 Å². The zero-order chi connectivity index (χ0) is 31.9. The molecular formula is C46H31NO. The molecule has 2 nitrogen and oxygen atoms in total. The van der Waals surface area contributed by atoms with Crippen LogP contribution in [0.4, 0.5) is 17.1 Å². The first-order valence-corrected chi connectivity index (χ1v) is 16.3. The molecule has 0 unspecified atom stereocenters. The third-order valence-electron chi connectivity index (χ3n) is 9.25. The minimum atomic E-state index is 0.875. The lowest BCUT2D eigenvalue weighted by molar-refractivity contribution is 0.487. The summed E-state index contributed by atoms with van der Waals surface area (Å²) in [5.74, 6) is 1.76. The van der Waals surface area contributed by atoms with E-state index in [-0.39, 0.29) is 0 Å². The molecule has 8 aromatic carbocycles. The summed E-state index contributed by atoms with van der Waals surface area (Å²) in [5, 5.41) is 2.28. The lowest BCUT2D eigenvalue weighted by Crippen LogP contribution is -2.10. The maximum Gasteiger partial charge on any atom is 0.135 e. The largest absolute Gasteiger partial charge is 0.456 e. The number of fused-ring (bicyclic) bond motifs is 2. The maximum atomic E-state index is 6.58. The Labute approximate surface area is 280 Å². The third kappa shape index (κ3) is 5.01. The Bertz CT molecular complexity index is 2300. The van der Waals surface area contributed by atoms with E-state index < -0.39 is 0 Å². The van der Waals surface area contributed by atoms with E-state index in [0.717, 1.165) is 50.5 Å². The van der Waals surface area contributed by atoms with Gasteiger partial charge in [0.1, 0.15) is 11.5 Å². The molecule has 0 aliphatic carbocycles. The van der Waals surface area contributed by atoms with Crippen LogP contribution in [-0.2, 0) is 0 Å². The second-order valence-corrected chi connectivity index (χ2v) is 12.2. The number of rotatable bonds is 6. The molecule has 0 spiro atoms. The normalized spacial score (nSPS) is 11.5. The van der Waals surface area contributed by atoms with Gasteiger partial charge in [-0.15, -0.1) is 0 Å². The van der Waals surface area contributed by atoms with E-state index in [0.29, 0.717) is 0 Å². The maximum absolute atomic E-state index is 6.58. The molecule has 1 aliphatic rings. The zero-order valence-corrected chi connectivity index (χ0v) is 26.3. The average Bonchev–Trinajstić information content (AvgIpc) is 3.16. The predicted octanol–water partition coefficient (Wildman–Crippen LogP) is 13.1. The Morgan fingerprint density at radius 1 is 0.312 bits per heavy atom. The molecule has 2 heteroatoms. The highest BCUT2D eigenvalue weighted by molar-refractivity contribution is 6.07. The molecule has 8 aromatic rings. The van der Waals surface area contributed by atoms with Crippen LogP contribution in [0.1, 0.15) is 0 Å². The Morgan fingerprint density at radius 3 is 1.38 bits per heavy atom. The number of hydrogen-bond acceptors (Lipinski definition) is 2. The Kier molecular flexibility index (Phi) is 6.84. The SMILES string of the molecule is c1ccc(-c2ccc(N(c3ccc(-c4ccccc4)cc3)c3cc4c5c(cccc5c3)Oc3cc(-c5ccccc5)ccc3-4)cc2)cc1. The molecule has 0 saturated carbocycles. The summed E-state index contributed by atoms with van der Waals surface area (Å²) in [5.41, 5.74) is 12.7. The zero-order valence-electron chi connectivity index (χ0n) is 26.3. The summed E-state index contributed by atoms with van der Waals surface area (Å²) in [7, 11) is 0. The van der Waals surface area contributed by atoms with Crippen molar-refractivity contribution in [3.05, 3.63) is 188 Å². The van der Waals surface area contributed by atoms with E-state index in [1.54, 1.807) is 0 Å². The smallest absolute Gasteiger partial charge is 0.135 e. The Morgan fingerprint density at radius 2 is 0.812 bits per heavy atom. The molecule has 0 bridgehead atoms. The van der Waals surface area contributed by atoms with Crippen LogP contribution >= 0.6 is 0 Å². The monoisotopic (exact) mass is 613 g/mol. The first-order chi connectivity index (χ1) is 23.8. The highest BCUT2D eigenvalue weighted by atomic mass is 16.5. The van der Waals surface area contributed by atoms with Gasteiger partial charge in [-0.3, -0.25) is 0 Å². The first kappa shape index (κ1) is 27.9. The number of benzene rings is 8. The predicted molar refractivity (Wildman–Crippen MR) is 200 cm³/mol. The van der Waals surface area contributed by atoms with Gasteiger partial charge in [-0.2, -0.15) is 0 Å². The number of anilines is 3. The molecule has 9 rings (SSSR count). The summed E-state index contributed by atoms with van der Waals surface area (Å²) in [6.07, 6.45) is 0. The van der Waals surface area contributed by atoms with Crippen molar-refractivity contribution in [3.8, 4) is 56.0 Å². The molecule has 1 aliphatic heterocycles. The Hall–Kier alpha value is -6.38. The van der Waals surface area contributed by atoms with Gasteiger partial charge in [0.25, 0.3) is 0 Å². The van der Waals surface area contributed by atoms with E-state index >= 15 is 0 Å². The highest BCUT2D eigenvalue weighted by Crippen LogP contribution is 2.50. The lowest BCUT2D eigenvalue weighted by Gasteiger charge is -2.29. The fourth-order valence-corrected chi connectivity index (χ4v) is 6.88. The fourth-order valence-electron chi connectivity index (χ4n) is 6.88. The minimum Gasteiger partial charge on any atom is -0.456 e. The summed E-state index contributed by atoms with van der Waals surface area (Å²) < 4.78 is 6.58. The summed E-state index contributed by atoms with van der Waals surface area (Å²) in [6.45, 7) is 0. The van der Waals surface area contributed by atoms with Crippen molar-refractivity contribution < 1.29 is 4.74 Å². The van der Waals surface area contributed by atoms with Crippen LogP contribution in [0.3, 0.4) is 0 Å². The summed E-state index contributed by atoms with van der Waals surface area (Å²) in [6, 6.07) is 66.9. The van der Waals surface area contributed by atoms with Crippen molar-refractivity contribution in [2.45, 2.75) is 0 Å². The van der Waals surface area contributed by atoms with Crippen molar-refractivity contribution in [2.75, 3.05) is 4.90 Å². The molecule has 0 radical (unpaired) electrons. The van der Waals surface area contributed by atoms with Crippen LogP contribution in [0.25, 0.3) is 55.3 Å². The van der Waals surface area contributed by atoms with Gasteiger partial charge < -0.3 is 9.64 Å². The minimum absolute atomic E-state index is 0.875. The van der Waals surface area contributed by atoms with Gasteiger partial charge in [-0.1, -0.05) is 133 Å². The van der Waals surface area contributed by atoms with Gasteiger partial charge in [-0.25, -0.2) is 0 Å². The molecule has 0 atom stereocenters. The van der Waals surface area contributed by atoms with E-state index in [2.05, 4.69) is 187 Å². The lowest BCUT2D eigenvalue weighted by atomic mass is 9.92. The molecule has 226 valence electrons. The van der Waals surface area contributed by atoms with E-state index in [1.807, 2.05) is 6.07 Å². The third-order valence-corrected chi connectivity index (χ3v) is 9.25. The van der Waals surface area contributed by atoms with Crippen molar-refractivity contribution in [3.63, 3.8) is 0 Å². The van der Waals surface area contributed by atoms with Crippen molar-refractivity contribution in [2.24, 2.45) is 0 Å². The average molecular weight is 614 g/mol. The standard InChI is InChI=1S/C46H31NO/c1-4-11-32(12-5-1)35-19-24-39(25-20-35)47(40-26-21-36(22-27-40)33-13-6-2-7-14-33)41-29-38-17-10-18-44-46(38)43(31-41)42-28-23-37(30-45(42)48-44)34-15-8-3-9-16-34/h1-31H. The van der Waals surface area contributed by atoms with Crippen molar-refractivity contribution >= 4 is 27.8 Å². The quantitative estimate of drug-likeness (QED) is 0.185. The molecule has 0 saturated heterocycles. The molecular weight excluding hydrogens is 583 g/mol. The van der Waals surface area contributed by atoms with Crippen LogP contribution in [0.15, 0.2) is 188 Å². The van der Waals surface area contributed by atoms with Crippen LogP contribution in [-0.4, -0.2) is 0 Å². The van der Waals surface area contributed by atoms with Gasteiger partial charge in [0.05, 0.1) is 0 Å². The second kappa shape index (κ2) is 11.8. The van der Waals surface area contributed by atoms with Crippen molar-refractivity contribution in [1.82, 2.24) is 0 Å². The molecule has 48 heavy (non-hydrogen) atoms. The second-order valence-electron chi connectivity index (χ2n) is 12.2. The van der Waals surface area contributed by atoms with Crippen molar-refractivity contribution in [1.29, 1.82) is 0 Å². The van der Waals surface area contributed by atoms with E-state index in [1.165, 1.54) is 33.4 Å². The molecule has 0 fully saturated rings. The van der Waals surface area contributed by atoms with Gasteiger partial charge in [0.15, 0.2) is 0 Å². The molecule has 1 heterocycles. The molecule has 0 N–H and O–H groups in total. The summed E-state index contributed by atoms with van der Waals surface area (Å²) in [4.78, 5) is 2.36. The van der Waals surface area contributed by atoms with Crippen LogP contribution in [0.2, 0.25) is 0 Å². The number of hydrogen-bond donors (Lipinski definition) is 0. The topological polar surface area (TPSA) is 12.5 Å². The van der Waals surface area contributed by atoms with E-state index in [4.69, 9.17) is 4.74 Å². The Balaban J connectivity index is 1.20. The van der Waals surface area contributed by atoms with Crippen LogP contribution < -0.4 is 9.64 Å². The summed E-state index contributed by atoms with van der Waals surface area (Å²) >= 11 is 0. The van der Waals surface area contributed by atoms with Gasteiger partial charge in [-0.05, 0) is 98.9 Å².